The zero-order chi connectivity index (χ0) is 19.4. The molecule has 0 amide bonds. The molecule has 142 valence electrons. The zero-order valence-electron chi connectivity index (χ0n) is 15.2. The Kier molecular flexibility index (Phi) is 5.75. The Balaban J connectivity index is 1.86. The Morgan fingerprint density at radius 2 is 1.78 bits per heavy atom. The minimum atomic E-state index is -3.30. The van der Waals surface area contributed by atoms with Crippen molar-refractivity contribution < 1.29 is 23.5 Å². The number of hydrogen-bond acceptors (Lipinski definition) is 5. The van der Waals surface area contributed by atoms with E-state index < -0.39 is 13.6 Å². The molecule has 0 spiro atoms. The highest BCUT2D eigenvalue weighted by Crippen LogP contribution is 2.46. The maximum Gasteiger partial charge on any atom is 0.361 e. The van der Waals surface area contributed by atoms with Gasteiger partial charge >= 0.3 is 13.6 Å². The normalized spacial score (nSPS) is 11.8. The third-order valence-corrected chi connectivity index (χ3v) is 6.20. The summed E-state index contributed by atoms with van der Waals surface area (Å²) in [7, 11) is -3.30. The summed E-state index contributed by atoms with van der Waals surface area (Å²) in [4.78, 5) is 15.5. The Labute approximate surface area is 157 Å². The van der Waals surface area contributed by atoms with Crippen molar-refractivity contribution in [3.63, 3.8) is 0 Å². The monoisotopic (exact) mass is 388 g/mol. The average Bonchev–Trinajstić information content (AvgIpc) is 3.05. The van der Waals surface area contributed by atoms with Crippen LogP contribution in [0.3, 0.4) is 0 Å². The fourth-order valence-electron chi connectivity index (χ4n) is 2.82. The molecule has 1 aromatic heterocycles. The van der Waals surface area contributed by atoms with Crippen LogP contribution < -0.4 is 5.30 Å². The standard InChI is InChI=1S/C19H21N2O5P/c1-3-25-27(24,26-4-2)16-8-5-14(6-9-16)12-21-13-20-17-10-7-15(19(22)23)11-18(17)21/h5-11,13H,3-4,12H2,1-2H3,(H,22,23). The number of hydrogen-bond donors (Lipinski definition) is 1. The van der Waals surface area contributed by atoms with Crippen molar-refractivity contribution in [2.45, 2.75) is 20.4 Å². The van der Waals surface area contributed by atoms with E-state index in [4.69, 9.17) is 9.05 Å². The SMILES string of the molecule is CCOP(=O)(OCC)c1ccc(Cn2cnc3ccc(C(=O)O)cc32)cc1. The maximum absolute atomic E-state index is 12.8. The summed E-state index contributed by atoms with van der Waals surface area (Å²) in [6.45, 7) is 4.65. The van der Waals surface area contributed by atoms with Crippen LogP contribution in [0.15, 0.2) is 48.8 Å². The van der Waals surface area contributed by atoms with Gasteiger partial charge in [0.05, 0.1) is 41.4 Å². The molecule has 2 aromatic carbocycles. The van der Waals surface area contributed by atoms with Gasteiger partial charge in [0.1, 0.15) is 0 Å². The van der Waals surface area contributed by atoms with Crippen molar-refractivity contribution in [3.8, 4) is 0 Å². The Morgan fingerprint density at radius 3 is 2.37 bits per heavy atom. The molecule has 0 atom stereocenters. The van der Waals surface area contributed by atoms with Crippen molar-refractivity contribution in [3.05, 3.63) is 59.9 Å². The number of rotatable bonds is 8. The molecule has 0 radical (unpaired) electrons. The van der Waals surface area contributed by atoms with Gasteiger partial charge in [-0.15, -0.1) is 0 Å². The zero-order valence-corrected chi connectivity index (χ0v) is 16.1. The highest BCUT2D eigenvalue weighted by molar-refractivity contribution is 7.62. The second kappa shape index (κ2) is 8.05. The van der Waals surface area contributed by atoms with Crippen molar-refractivity contribution in [2.24, 2.45) is 0 Å². The molecule has 1 heterocycles. The van der Waals surface area contributed by atoms with Gasteiger partial charge in [0.2, 0.25) is 0 Å². The highest BCUT2D eigenvalue weighted by atomic mass is 31.2. The van der Waals surface area contributed by atoms with Gasteiger partial charge in [-0.05, 0) is 49.7 Å². The third-order valence-electron chi connectivity index (χ3n) is 4.07. The lowest BCUT2D eigenvalue weighted by atomic mass is 10.2. The Hall–Kier alpha value is -2.47. The van der Waals surface area contributed by atoms with E-state index in [0.29, 0.717) is 25.1 Å². The fraction of sp³-hybridized carbons (Fsp3) is 0.263. The van der Waals surface area contributed by atoms with Crippen molar-refractivity contribution in [1.29, 1.82) is 0 Å². The van der Waals surface area contributed by atoms with Crippen LogP contribution in [-0.4, -0.2) is 33.8 Å². The molecule has 27 heavy (non-hydrogen) atoms. The summed E-state index contributed by atoms with van der Waals surface area (Å²) in [6, 6.07) is 12.0. The molecular formula is C19H21N2O5P. The lowest BCUT2D eigenvalue weighted by Gasteiger charge is -2.17. The number of aromatic nitrogens is 2. The highest BCUT2D eigenvalue weighted by Gasteiger charge is 2.26. The second-order valence-electron chi connectivity index (χ2n) is 5.88. The molecule has 0 bridgehead atoms. The van der Waals surface area contributed by atoms with Crippen LogP contribution in [0, 0.1) is 0 Å². The van der Waals surface area contributed by atoms with Crippen LogP contribution in [0.25, 0.3) is 11.0 Å². The van der Waals surface area contributed by atoms with E-state index in [1.807, 2.05) is 16.7 Å². The number of carboxylic acid groups (broad SMARTS) is 1. The molecule has 0 aliphatic rings. The van der Waals surface area contributed by atoms with Crippen LogP contribution in [0.4, 0.5) is 0 Å². The number of imidazole rings is 1. The summed E-state index contributed by atoms with van der Waals surface area (Å²) in [5, 5.41) is 9.69. The van der Waals surface area contributed by atoms with Crippen molar-refractivity contribution >= 4 is 29.9 Å². The quantitative estimate of drug-likeness (QED) is 0.592. The predicted octanol–water partition coefficient (Wildman–Crippen LogP) is 3.67. The van der Waals surface area contributed by atoms with Crippen LogP contribution in [0.1, 0.15) is 29.8 Å². The Bertz CT molecular complexity index is 987. The van der Waals surface area contributed by atoms with E-state index in [1.54, 1.807) is 44.4 Å². The van der Waals surface area contributed by atoms with Gasteiger partial charge < -0.3 is 18.7 Å². The van der Waals surface area contributed by atoms with Gasteiger partial charge in [-0.1, -0.05) is 12.1 Å². The maximum atomic E-state index is 12.8. The van der Waals surface area contributed by atoms with E-state index in [1.165, 1.54) is 6.07 Å². The first kappa shape index (κ1) is 19.3. The molecule has 0 saturated heterocycles. The molecule has 0 aliphatic carbocycles. The average molecular weight is 388 g/mol. The second-order valence-corrected chi connectivity index (χ2v) is 7.91. The lowest BCUT2D eigenvalue weighted by molar-refractivity contribution is 0.0697. The first-order valence-corrected chi connectivity index (χ1v) is 10.2. The number of carbonyl (C=O) groups is 1. The van der Waals surface area contributed by atoms with E-state index in [-0.39, 0.29) is 5.56 Å². The molecule has 1 N–H and O–H groups in total. The minimum Gasteiger partial charge on any atom is -0.478 e. The minimum absolute atomic E-state index is 0.217. The van der Waals surface area contributed by atoms with Gasteiger partial charge in [0.25, 0.3) is 0 Å². The molecular weight excluding hydrogens is 367 g/mol. The number of carboxylic acids is 1. The number of aromatic carboxylic acids is 1. The number of nitrogens with zero attached hydrogens (tertiary/aromatic N) is 2. The van der Waals surface area contributed by atoms with Crippen LogP contribution >= 0.6 is 7.60 Å². The lowest BCUT2D eigenvalue weighted by Crippen LogP contribution is -2.11. The molecule has 3 aromatic rings. The summed E-state index contributed by atoms with van der Waals surface area (Å²) >= 11 is 0. The Morgan fingerprint density at radius 1 is 1.11 bits per heavy atom. The van der Waals surface area contributed by atoms with Crippen LogP contribution in [0.2, 0.25) is 0 Å². The summed E-state index contributed by atoms with van der Waals surface area (Å²) in [6.07, 6.45) is 1.68. The first-order valence-electron chi connectivity index (χ1n) is 8.63. The third kappa shape index (κ3) is 4.11. The first-order chi connectivity index (χ1) is 13.0. The molecule has 7 nitrogen and oxygen atoms in total. The van der Waals surface area contributed by atoms with Gasteiger partial charge in [-0.2, -0.15) is 0 Å². The summed E-state index contributed by atoms with van der Waals surface area (Å²) < 4.78 is 25.4. The number of benzene rings is 2. The van der Waals surface area contributed by atoms with Gasteiger partial charge in [-0.25, -0.2) is 9.78 Å². The molecule has 0 unspecified atom stereocenters. The molecule has 0 fully saturated rings. The van der Waals surface area contributed by atoms with Crippen LogP contribution in [-0.2, 0) is 20.2 Å². The summed E-state index contributed by atoms with van der Waals surface area (Å²) in [5.41, 5.74) is 2.65. The van der Waals surface area contributed by atoms with Gasteiger partial charge in [0.15, 0.2) is 0 Å². The van der Waals surface area contributed by atoms with Gasteiger partial charge in [0, 0.05) is 6.54 Å². The topological polar surface area (TPSA) is 90.7 Å². The largest absolute Gasteiger partial charge is 0.478 e. The van der Waals surface area contributed by atoms with Crippen molar-refractivity contribution in [1.82, 2.24) is 9.55 Å². The van der Waals surface area contributed by atoms with Crippen LogP contribution in [0.5, 0.6) is 0 Å². The smallest absolute Gasteiger partial charge is 0.361 e. The summed E-state index contributed by atoms with van der Waals surface area (Å²) in [5.74, 6) is -0.975. The van der Waals surface area contributed by atoms with Crippen molar-refractivity contribution in [2.75, 3.05) is 13.2 Å². The molecule has 3 rings (SSSR count). The fourth-order valence-corrected chi connectivity index (χ4v) is 4.39. The van der Waals surface area contributed by atoms with E-state index >= 15 is 0 Å². The van der Waals surface area contributed by atoms with E-state index in [0.717, 1.165) is 16.6 Å². The molecule has 0 saturated carbocycles. The predicted molar refractivity (Wildman–Crippen MR) is 103 cm³/mol. The van der Waals surface area contributed by atoms with E-state index in [2.05, 4.69) is 4.98 Å². The molecule has 0 aliphatic heterocycles. The van der Waals surface area contributed by atoms with E-state index in [9.17, 15) is 14.5 Å². The molecule has 8 heteroatoms. The van der Waals surface area contributed by atoms with Gasteiger partial charge in [-0.3, -0.25) is 4.57 Å². The number of fused-ring (bicyclic) bond motifs is 1.